The number of primary amides is 1. The summed E-state index contributed by atoms with van der Waals surface area (Å²) in [5.74, 6) is -2.12. The number of nitrogens with two attached hydrogens (primary N) is 1. The molecular weight excluding hydrogens is 567 g/mol. The minimum Gasteiger partial charge on any atom is -0.444 e. The molecule has 2 heterocycles. The fraction of sp³-hybridized carbons (Fsp3) is 0.414. The summed E-state index contributed by atoms with van der Waals surface area (Å²) in [6, 6.07) is 8.52. The van der Waals surface area contributed by atoms with E-state index in [2.05, 4.69) is 15.7 Å². The van der Waals surface area contributed by atoms with Gasteiger partial charge in [-0.25, -0.2) is 9.18 Å². The van der Waals surface area contributed by atoms with Crippen LogP contribution in [0, 0.1) is 11.7 Å². The van der Waals surface area contributed by atoms with Crippen LogP contribution in [0.25, 0.3) is 10.9 Å². The number of hydrogen-bond donors (Lipinski definition) is 3. The third-order valence-corrected chi connectivity index (χ3v) is 7.83. The average molecular weight is 599 g/mol. The summed E-state index contributed by atoms with van der Waals surface area (Å²) >= 11 is 5.86. The van der Waals surface area contributed by atoms with Crippen LogP contribution in [0.1, 0.15) is 56.1 Å². The molecule has 222 valence electrons. The Morgan fingerprint density at radius 1 is 1.17 bits per heavy atom. The Morgan fingerprint density at radius 2 is 1.93 bits per heavy atom. The van der Waals surface area contributed by atoms with Crippen molar-refractivity contribution in [3.05, 3.63) is 58.5 Å². The number of anilines is 1. The maximum atomic E-state index is 14.3. The number of carbonyl (C=O) groups excluding carboxylic acids is 4. The monoisotopic (exact) mass is 598 g/mol. The molecule has 1 aromatic heterocycles. The highest BCUT2D eigenvalue weighted by Gasteiger charge is 2.51. The summed E-state index contributed by atoms with van der Waals surface area (Å²) in [4.78, 5) is 53.0. The number of ether oxygens (including phenoxy) is 1. The maximum Gasteiger partial charge on any atom is 0.412 e. The first-order valence-electron chi connectivity index (χ1n) is 13.6. The van der Waals surface area contributed by atoms with Crippen molar-refractivity contribution in [2.24, 2.45) is 11.7 Å². The molecule has 42 heavy (non-hydrogen) atoms. The van der Waals surface area contributed by atoms with Crippen molar-refractivity contribution in [1.29, 1.82) is 0 Å². The quantitative estimate of drug-likeness (QED) is 0.375. The number of piperidine rings is 1. The lowest BCUT2D eigenvalue weighted by atomic mass is 9.97. The van der Waals surface area contributed by atoms with E-state index in [0.29, 0.717) is 23.0 Å². The zero-order valence-electron chi connectivity index (χ0n) is 23.4. The Hall–Kier alpha value is -4.19. The number of amides is 4. The van der Waals surface area contributed by atoms with E-state index in [-0.39, 0.29) is 53.1 Å². The molecule has 11 nitrogen and oxygen atoms in total. The van der Waals surface area contributed by atoms with Crippen molar-refractivity contribution in [2.75, 3.05) is 5.32 Å². The summed E-state index contributed by atoms with van der Waals surface area (Å²) in [5.41, 5.74) is 5.88. The zero-order valence-corrected chi connectivity index (χ0v) is 24.2. The molecule has 4 N–H and O–H groups in total. The van der Waals surface area contributed by atoms with Gasteiger partial charge in [0, 0.05) is 29.2 Å². The summed E-state index contributed by atoms with van der Waals surface area (Å²) in [6.07, 6.45) is 1.61. The minimum atomic E-state index is -0.800. The summed E-state index contributed by atoms with van der Waals surface area (Å²) < 4.78 is 21.0. The normalized spacial score (nSPS) is 19.6. The summed E-state index contributed by atoms with van der Waals surface area (Å²) in [5, 5.41) is 10.0. The zero-order chi connectivity index (χ0) is 30.3. The van der Waals surface area contributed by atoms with Crippen LogP contribution in [0.4, 0.5) is 14.9 Å². The lowest BCUT2D eigenvalue weighted by molar-refractivity contribution is -0.143. The average Bonchev–Trinajstić information content (AvgIpc) is 3.61. The van der Waals surface area contributed by atoms with Crippen LogP contribution in [0.2, 0.25) is 5.02 Å². The smallest absolute Gasteiger partial charge is 0.412 e. The minimum absolute atomic E-state index is 0.0137. The number of halogens is 2. The first-order chi connectivity index (χ1) is 19.8. The van der Waals surface area contributed by atoms with E-state index in [9.17, 15) is 23.6 Å². The molecule has 1 aliphatic heterocycles. The molecule has 4 amide bonds. The van der Waals surface area contributed by atoms with E-state index in [1.807, 2.05) is 0 Å². The second-order valence-electron chi connectivity index (χ2n) is 11.6. The summed E-state index contributed by atoms with van der Waals surface area (Å²) in [7, 11) is 0. The lowest BCUT2D eigenvalue weighted by Crippen LogP contribution is -2.53. The van der Waals surface area contributed by atoms with E-state index in [1.165, 1.54) is 16.8 Å². The molecule has 5 rings (SSSR count). The van der Waals surface area contributed by atoms with Crippen LogP contribution in [0.3, 0.4) is 0 Å². The van der Waals surface area contributed by atoms with E-state index in [1.54, 1.807) is 49.9 Å². The lowest BCUT2D eigenvalue weighted by Gasteiger charge is -2.34. The van der Waals surface area contributed by atoms with Crippen LogP contribution in [-0.4, -0.2) is 56.2 Å². The van der Waals surface area contributed by atoms with Gasteiger partial charge < -0.3 is 20.7 Å². The molecule has 1 saturated heterocycles. The van der Waals surface area contributed by atoms with Gasteiger partial charge in [0.2, 0.25) is 11.8 Å². The Labute approximate surface area is 246 Å². The van der Waals surface area contributed by atoms with Gasteiger partial charge in [-0.15, -0.1) is 0 Å². The van der Waals surface area contributed by atoms with Gasteiger partial charge in [0.15, 0.2) is 5.69 Å². The number of fused-ring (bicyclic) bond motifs is 3. The number of nitrogens with one attached hydrogen (secondary N) is 2. The predicted molar refractivity (Wildman–Crippen MR) is 153 cm³/mol. The Bertz CT molecular complexity index is 1580. The van der Waals surface area contributed by atoms with Crippen molar-refractivity contribution >= 4 is 52.0 Å². The van der Waals surface area contributed by atoms with Gasteiger partial charge in [0.25, 0.3) is 5.91 Å². The van der Waals surface area contributed by atoms with Crippen LogP contribution in [0.15, 0.2) is 36.4 Å². The van der Waals surface area contributed by atoms with Crippen molar-refractivity contribution in [3.63, 3.8) is 0 Å². The molecule has 0 unspecified atom stereocenters. The van der Waals surface area contributed by atoms with Crippen LogP contribution < -0.4 is 16.4 Å². The molecule has 13 heteroatoms. The largest absolute Gasteiger partial charge is 0.444 e. The van der Waals surface area contributed by atoms with E-state index in [4.69, 9.17) is 22.1 Å². The molecular formula is C29H32ClFN6O5. The molecule has 3 atom stereocenters. The third kappa shape index (κ3) is 5.89. The van der Waals surface area contributed by atoms with Crippen molar-refractivity contribution in [3.8, 4) is 0 Å². The number of rotatable bonds is 7. The molecule has 0 radical (unpaired) electrons. The second-order valence-corrected chi connectivity index (χ2v) is 12.0. The highest BCUT2D eigenvalue weighted by Crippen LogP contribution is 2.43. The van der Waals surface area contributed by atoms with Crippen molar-refractivity contribution in [2.45, 2.75) is 70.8 Å². The molecule has 2 aromatic carbocycles. The standard InChI is InChI=1S/C29H32ClFN6O5/c1-29(2,3)42-28(41)34-17-8-10-21-19(12-17)24(26(32)39)35-36(21)14-22(38)37-18-9-7-15(11-18)25(37)27(40)33-13-16-5-4-6-20(30)23(16)31/h4-6,8,10,12,15,18,25H,7,9,11,13-14H2,1-3H3,(H2,32,39)(H,33,40)(H,34,41)/t15-,18+,25-/m0/s1. The number of carbonyl (C=O) groups is 4. The van der Waals surface area contributed by atoms with Gasteiger partial charge >= 0.3 is 6.09 Å². The Kier molecular flexibility index (Phi) is 7.84. The molecule has 2 bridgehead atoms. The van der Waals surface area contributed by atoms with Gasteiger partial charge in [-0.3, -0.25) is 24.4 Å². The van der Waals surface area contributed by atoms with Crippen molar-refractivity contribution < 1.29 is 28.3 Å². The van der Waals surface area contributed by atoms with Gasteiger partial charge in [-0.1, -0.05) is 23.7 Å². The van der Waals surface area contributed by atoms with Gasteiger partial charge in [0.05, 0.1) is 10.5 Å². The topological polar surface area (TPSA) is 149 Å². The van der Waals surface area contributed by atoms with E-state index in [0.717, 1.165) is 12.8 Å². The van der Waals surface area contributed by atoms with Gasteiger partial charge in [0.1, 0.15) is 24.0 Å². The van der Waals surface area contributed by atoms with Crippen molar-refractivity contribution in [1.82, 2.24) is 20.0 Å². The Balaban J connectivity index is 1.35. The SMILES string of the molecule is CC(C)(C)OC(=O)Nc1ccc2c(c1)c(C(N)=O)nn2CC(=O)N1[C@@H]2CC[C@@H](C2)[C@H]1C(=O)NCc1cccc(Cl)c1F. The highest BCUT2D eigenvalue weighted by molar-refractivity contribution is 6.30. The molecule has 1 aliphatic carbocycles. The predicted octanol–water partition coefficient (Wildman–Crippen LogP) is 3.97. The summed E-state index contributed by atoms with van der Waals surface area (Å²) in [6.45, 7) is 4.91. The molecule has 3 aromatic rings. The van der Waals surface area contributed by atoms with E-state index < -0.39 is 29.5 Å². The molecule has 2 fully saturated rings. The number of likely N-dealkylation sites (tertiary alicyclic amines) is 1. The number of nitrogens with zero attached hydrogens (tertiary/aromatic N) is 3. The molecule has 1 saturated carbocycles. The number of benzene rings is 2. The van der Waals surface area contributed by atoms with Crippen LogP contribution in [-0.2, 0) is 27.4 Å². The fourth-order valence-electron chi connectivity index (χ4n) is 5.85. The maximum absolute atomic E-state index is 14.3. The van der Waals surface area contributed by atoms with E-state index >= 15 is 0 Å². The third-order valence-electron chi connectivity index (χ3n) is 7.54. The second kappa shape index (κ2) is 11.2. The molecule has 2 aliphatic rings. The Morgan fingerprint density at radius 3 is 2.64 bits per heavy atom. The van der Waals surface area contributed by atoms with Gasteiger partial charge in [-0.2, -0.15) is 5.10 Å². The first-order valence-corrected chi connectivity index (χ1v) is 14.0. The number of hydrogen-bond acceptors (Lipinski definition) is 6. The number of aromatic nitrogens is 2. The first kappa shape index (κ1) is 29.3. The van der Waals surface area contributed by atoms with Gasteiger partial charge in [-0.05, 0) is 70.2 Å². The fourth-order valence-corrected chi connectivity index (χ4v) is 6.04. The highest BCUT2D eigenvalue weighted by atomic mass is 35.5. The van der Waals surface area contributed by atoms with Crippen LogP contribution >= 0.6 is 11.6 Å². The van der Waals surface area contributed by atoms with Crippen LogP contribution in [0.5, 0.6) is 0 Å². The molecule has 0 spiro atoms.